The van der Waals surface area contributed by atoms with Crippen molar-refractivity contribution in [1.82, 2.24) is 0 Å². The van der Waals surface area contributed by atoms with Gasteiger partial charge in [0.25, 0.3) is 0 Å². The summed E-state index contributed by atoms with van der Waals surface area (Å²) < 4.78 is 5.94. The topological polar surface area (TPSA) is 26.3 Å². The van der Waals surface area contributed by atoms with Gasteiger partial charge in [0, 0.05) is 0 Å². The Morgan fingerprint density at radius 1 is 0.696 bits per heavy atom. The molecule has 0 bridgehead atoms. The quantitative estimate of drug-likeness (QED) is 0.235. The third kappa shape index (κ3) is 11.4. The van der Waals surface area contributed by atoms with Crippen LogP contribution in [0.2, 0.25) is 0 Å². The maximum absolute atomic E-state index is 12.2. The molecule has 0 N–H and O–H groups in total. The highest BCUT2D eigenvalue weighted by molar-refractivity contribution is 5.59. The van der Waals surface area contributed by atoms with Gasteiger partial charge in [-0.3, -0.25) is 0 Å². The summed E-state index contributed by atoms with van der Waals surface area (Å²) in [5.74, 6) is 0. The van der Waals surface area contributed by atoms with Crippen molar-refractivity contribution in [1.29, 1.82) is 0 Å². The van der Waals surface area contributed by atoms with Crippen LogP contribution in [0.4, 0.5) is 4.79 Å². The van der Waals surface area contributed by atoms with E-state index < -0.39 is 0 Å². The molecule has 0 atom stereocenters. The molecule has 140 valence electrons. The SMILES string of the molecule is CCCCCCCCCCCCOC(=O)[N+](CC)(CC)CC.[I-]. The fraction of sp³-hybridized carbons (Fsp3) is 0.947. The highest BCUT2D eigenvalue weighted by Gasteiger charge is 2.33. The van der Waals surface area contributed by atoms with Gasteiger partial charge in [0.1, 0.15) is 0 Å². The average Bonchev–Trinajstić information content (AvgIpc) is 2.55. The summed E-state index contributed by atoms with van der Waals surface area (Å²) >= 11 is 0. The Balaban J connectivity index is 0. The summed E-state index contributed by atoms with van der Waals surface area (Å²) in [5.41, 5.74) is 0. The first-order valence-corrected chi connectivity index (χ1v) is 9.70. The third-order valence-electron chi connectivity index (χ3n) is 4.93. The Hall–Kier alpha value is 0.160. The van der Waals surface area contributed by atoms with Crippen LogP contribution < -0.4 is 24.0 Å². The molecule has 4 heteroatoms. The molecule has 0 saturated heterocycles. The summed E-state index contributed by atoms with van der Waals surface area (Å²) in [6.45, 7) is 11.5. The van der Waals surface area contributed by atoms with E-state index >= 15 is 0 Å². The molecule has 0 saturated carbocycles. The van der Waals surface area contributed by atoms with Crippen LogP contribution >= 0.6 is 0 Å². The van der Waals surface area contributed by atoms with E-state index in [9.17, 15) is 4.79 Å². The van der Waals surface area contributed by atoms with Gasteiger partial charge in [-0.1, -0.05) is 64.7 Å². The van der Waals surface area contributed by atoms with Crippen molar-refractivity contribution >= 4 is 6.09 Å². The van der Waals surface area contributed by atoms with Crippen LogP contribution in [-0.2, 0) is 4.74 Å². The van der Waals surface area contributed by atoms with Gasteiger partial charge in [0.2, 0.25) is 0 Å². The number of hydrogen-bond acceptors (Lipinski definition) is 2. The summed E-state index contributed by atoms with van der Waals surface area (Å²) in [6.07, 6.45) is 13.0. The minimum Gasteiger partial charge on any atom is -1.00 e. The number of carbonyl (C=O) groups excluding carboxylic acids is 1. The molecule has 0 aliphatic carbocycles. The Kier molecular flexibility index (Phi) is 18.8. The Labute approximate surface area is 162 Å². The minimum absolute atomic E-state index is 0. The van der Waals surface area contributed by atoms with Crippen molar-refractivity contribution < 1.29 is 38.0 Å². The number of carbonyl (C=O) groups is 1. The van der Waals surface area contributed by atoms with Gasteiger partial charge in [-0.25, -0.2) is 4.48 Å². The Bertz CT molecular complexity index is 260. The van der Waals surface area contributed by atoms with Gasteiger partial charge in [-0.2, -0.15) is 4.79 Å². The molecular formula is C19H40INO2. The van der Waals surface area contributed by atoms with Gasteiger partial charge in [-0.05, 0) is 27.2 Å². The van der Waals surface area contributed by atoms with Gasteiger partial charge in [0.05, 0.1) is 26.2 Å². The third-order valence-corrected chi connectivity index (χ3v) is 4.93. The van der Waals surface area contributed by atoms with Crippen LogP contribution in [0.3, 0.4) is 0 Å². The standard InChI is InChI=1S/C19H40NO2.HI/c1-5-9-10-11-12-13-14-15-16-17-18-22-19(21)20(6-2,7-3)8-4;/h5-18H2,1-4H3;1H/q+1;/p-1. The molecule has 0 rings (SSSR count). The molecule has 0 fully saturated rings. The summed E-state index contributed by atoms with van der Waals surface area (Å²) in [7, 11) is 0. The first kappa shape index (κ1) is 25.4. The number of nitrogens with zero attached hydrogens (tertiary/aromatic N) is 1. The molecule has 3 nitrogen and oxygen atoms in total. The highest BCUT2D eigenvalue weighted by Crippen LogP contribution is 2.12. The molecule has 0 aliphatic rings. The fourth-order valence-corrected chi connectivity index (χ4v) is 2.94. The van der Waals surface area contributed by atoms with Crippen LogP contribution in [0.5, 0.6) is 0 Å². The molecule has 0 heterocycles. The van der Waals surface area contributed by atoms with Gasteiger partial charge < -0.3 is 28.7 Å². The molecule has 0 aromatic rings. The molecule has 1 amide bonds. The molecule has 23 heavy (non-hydrogen) atoms. The lowest BCUT2D eigenvalue weighted by Crippen LogP contribution is -3.00. The zero-order valence-corrected chi connectivity index (χ0v) is 18.2. The summed E-state index contributed by atoms with van der Waals surface area (Å²) in [4.78, 5) is 12.2. The summed E-state index contributed by atoms with van der Waals surface area (Å²) in [5, 5.41) is 0. The lowest BCUT2D eigenvalue weighted by atomic mass is 10.1. The van der Waals surface area contributed by atoms with Crippen LogP contribution in [0.15, 0.2) is 0 Å². The smallest absolute Gasteiger partial charge is 0.516 e. The average molecular weight is 441 g/mol. The number of ether oxygens (including phenoxy) is 1. The van der Waals surface area contributed by atoms with Crippen molar-refractivity contribution in [2.24, 2.45) is 0 Å². The predicted molar refractivity (Wildman–Crippen MR) is 95.1 cm³/mol. The van der Waals surface area contributed by atoms with E-state index in [1.807, 2.05) is 0 Å². The van der Waals surface area contributed by atoms with Crippen LogP contribution in [0, 0.1) is 0 Å². The summed E-state index contributed by atoms with van der Waals surface area (Å²) in [6, 6.07) is 0. The molecule has 0 aromatic heterocycles. The maximum Gasteiger partial charge on any atom is 0.516 e. The van der Waals surface area contributed by atoms with Crippen molar-refractivity contribution in [2.75, 3.05) is 26.2 Å². The Morgan fingerprint density at radius 2 is 1.09 bits per heavy atom. The molecule has 0 spiro atoms. The van der Waals surface area contributed by atoms with Crippen molar-refractivity contribution in [3.05, 3.63) is 0 Å². The number of unbranched alkanes of at least 4 members (excludes halogenated alkanes) is 9. The van der Waals surface area contributed by atoms with Crippen LogP contribution in [0.1, 0.15) is 91.9 Å². The number of amides is 1. The molecule has 0 aliphatic heterocycles. The molecule has 0 radical (unpaired) electrons. The first-order valence-electron chi connectivity index (χ1n) is 9.70. The van der Waals surface area contributed by atoms with E-state index in [1.165, 1.54) is 57.8 Å². The highest BCUT2D eigenvalue weighted by atomic mass is 127. The van der Waals surface area contributed by atoms with E-state index in [2.05, 4.69) is 27.7 Å². The number of halogens is 1. The first-order chi connectivity index (χ1) is 10.7. The molecule has 0 aromatic carbocycles. The van der Waals surface area contributed by atoms with Crippen molar-refractivity contribution in [3.63, 3.8) is 0 Å². The van der Waals surface area contributed by atoms with Crippen molar-refractivity contribution in [3.8, 4) is 0 Å². The lowest BCUT2D eigenvalue weighted by molar-refractivity contribution is -0.852. The largest absolute Gasteiger partial charge is 1.00 e. The van der Waals surface area contributed by atoms with Crippen LogP contribution in [-0.4, -0.2) is 36.8 Å². The normalized spacial score (nSPS) is 11.1. The van der Waals surface area contributed by atoms with E-state index in [-0.39, 0.29) is 30.1 Å². The number of rotatable bonds is 14. The van der Waals surface area contributed by atoms with E-state index in [0.29, 0.717) is 11.1 Å². The number of quaternary nitrogens is 1. The number of hydrogen-bond donors (Lipinski definition) is 0. The second-order valence-electron chi connectivity index (χ2n) is 6.39. The maximum atomic E-state index is 12.2. The zero-order valence-electron chi connectivity index (χ0n) is 16.0. The predicted octanol–water partition coefficient (Wildman–Crippen LogP) is 2.92. The minimum atomic E-state index is -0.0385. The molecule has 0 unspecified atom stereocenters. The van der Waals surface area contributed by atoms with Gasteiger partial charge in [0.15, 0.2) is 0 Å². The van der Waals surface area contributed by atoms with Crippen LogP contribution in [0.25, 0.3) is 0 Å². The second kappa shape index (κ2) is 17.0. The van der Waals surface area contributed by atoms with E-state index in [4.69, 9.17) is 4.74 Å². The molecular weight excluding hydrogens is 401 g/mol. The van der Waals surface area contributed by atoms with Crippen molar-refractivity contribution in [2.45, 2.75) is 91.9 Å². The second-order valence-corrected chi connectivity index (χ2v) is 6.39. The van der Waals surface area contributed by atoms with E-state index in [0.717, 1.165) is 26.1 Å². The zero-order chi connectivity index (χ0) is 16.7. The lowest BCUT2D eigenvalue weighted by Gasteiger charge is -2.30. The monoisotopic (exact) mass is 441 g/mol. The fourth-order valence-electron chi connectivity index (χ4n) is 2.94. The van der Waals surface area contributed by atoms with E-state index in [1.54, 1.807) is 0 Å². The van der Waals surface area contributed by atoms with Gasteiger partial charge >= 0.3 is 6.09 Å². The van der Waals surface area contributed by atoms with Gasteiger partial charge in [-0.15, -0.1) is 0 Å². The Morgan fingerprint density at radius 3 is 1.48 bits per heavy atom.